The van der Waals surface area contributed by atoms with Crippen LogP contribution in [0.15, 0.2) is 12.1 Å². The molecule has 1 aromatic carbocycles. The van der Waals surface area contributed by atoms with Crippen LogP contribution in [0.4, 0.5) is 0 Å². The quantitative estimate of drug-likeness (QED) is 0.548. The lowest BCUT2D eigenvalue weighted by molar-refractivity contribution is 0.0108. The summed E-state index contributed by atoms with van der Waals surface area (Å²) in [6.07, 6.45) is 1.57. The molecule has 2 rings (SSSR count). The molecule has 0 radical (unpaired) electrons. The first kappa shape index (κ1) is 13.5. The van der Waals surface area contributed by atoms with Crippen molar-refractivity contribution in [2.75, 3.05) is 20.1 Å². The van der Waals surface area contributed by atoms with Crippen LogP contribution >= 0.6 is 0 Å². The zero-order valence-electron chi connectivity index (χ0n) is 10.7. The van der Waals surface area contributed by atoms with Gasteiger partial charge in [0, 0.05) is 6.54 Å². The molecule has 0 bridgehead atoms. The van der Waals surface area contributed by atoms with Crippen molar-refractivity contribution in [1.29, 1.82) is 0 Å². The monoisotopic (exact) mass is 267 g/mol. The maximum Gasteiger partial charge on any atom is 0.338 e. The van der Waals surface area contributed by atoms with E-state index in [0.717, 1.165) is 31.5 Å². The minimum Gasteiger partial charge on any atom is -0.504 e. The number of carbonyl (C=O) groups excluding carboxylic acids is 1. The molecular weight excluding hydrogens is 250 g/mol. The van der Waals surface area contributed by atoms with Crippen LogP contribution in [-0.2, 0) is 4.74 Å². The summed E-state index contributed by atoms with van der Waals surface area (Å²) in [7, 11) is 1.96. The summed E-state index contributed by atoms with van der Waals surface area (Å²) in [4.78, 5) is 14.0. The Labute approximate surface area is 110 Å². The van der Waals surface area contributed by atoms with Crippen LogP contribution in [0.3, 0.4) is 0 Å². The van der Waals surface area contributed by atoms with Crippen LogP contribution in [0.1, 0.15) is 23.2 Å². The maximum absolute atomic E-state index is 11.9. The van der Waals surface area contributed by atoms with Crippen molar-refractivity contribution in [2.45, 2.75) is 18.9 Å². The van der Waals surface area contributed by atoms with E-state index >= 15 is 0 Å². The van der Waals surface area contributed by atoms with Crippen molar-refractivity contribution in [2.24, 2.45) is 0 Å². The number of likely N-dealkylation sites (N-methyl/N-ethyl adjacent to an activating group) is 1. The molecular formula is C13H17NO5. The van der Waals surface area contributed by atoms with Crippen LogP contribution in [-0.4, -0.2) is 52.4 Å². The molecule has 0 aliphatic carbocycles. The number of esters is 1. The Morgan fingerprint density at radius 3 is 2.53 bits per heavy atom. The Morgan fingerprint density at radius 2 is 1.95 bits per heavy atom. The smallest absolute Gasteiger partial charge is 0.338 e. The van der Waals surface area contributed by atoms with Gasteiger partial charge in [0.25, 0.3) is 0 Å². The molecule has 1 saturated heterocycles. The normalized spacial score (nSPS) is 20.2. The fraction of sp³-hybridized carbons (Fsp3) is 0.462. The van der Waals surface area contributed by atoms with Gasteiger partial charge in [-0.15, -0.1) is 0 Å². The largest absolute Gasteiger partial charge is 0.504 e. The molecule has 104 valence electrons. The summed E-state index contributed by atoms with van der Waals surface area (Å²) in [5.41, 5.74) is 0.0148. The number of nitrogens with zero attached hydrogens (tertiary/aromatic N) is 1. The molecule has 0 amide bonds. The van der Waals surface area contributed by atoms with E-state index in [0.29, 0.717) is 6.54 Å². The topological polar surface area (TPSA) is 90.2 Å². The van der Waals surface area contributed by atoms with Gasteiger partial charge < -0.3 is 25.0 Å². The number of benzene rings is 1. The fourth-order valence-electron chi connectivity index (χ4n) is 2.16. The number of phenolic OH excluding ortho intramolecular Hbond substituents is 3. The maximum atomic E-state index is 11.9. The Bertz CT molecular complexity index is 465. The van der Waals surface area contributed by atoms with E-state index in [1.54, 1.807) is 0 Å². The van der Waals surface area contributed by atoms with Gasteiger partial charge in [0.05, 0.1) is 5.56 Å². The summed E-state index contributed by atoms with van der Waals surface area (Å²) >= 11 is 0. The van der Waals surface area contributed by atoms with Crippen molar-refractivity contribution >= 4 is 5.97 Å². The summed E-state index contributed by atoms with van der Waals surface area (Å²) < 4.78 is 5.31. The van der Waals surface area contributed by atoms with Crippen molar-refractivity contribution in [3.8, 4) is 17.2 Å². The summed E-state index contributed by atoms with van der Waals surface area (Å²) in [5, 5.41) is 27.9. The number of piperidine rings is 1. The fourth-order valence-corrected chi connectivity index (χ4v) is 2.16. The Kier molecular flexibility index (Phi) is 3.80. The second-order valence-corrected chi connectivity index (χ2v) is 4.79. The number of ether oxygens (including phenoxy) is 1. The predicted octanol–water partition coefficient (Wildman–Crippen LogP) is 1.05. The van der Waals surface area contributed by atoms with Gasteiger partial charge in [-0.2, -0.15) is 0 Å². The van der Waals surface area contributed by atoms with E-state index in [-0.39, 0.29) is 11.7 Å². The van der Waals surface area contributed by atoms with Crippen molar-refractivity contribution in [3.63, 3.8) is 0 Å². The van der Waals surface area contributed by atoms with E-state index in [1.165, 1.54) is 0 Å². The highest BCUT2D eigenvalue weighted by molar-refractivity contribution is 5.91. The van der Waals surface area contributed by atoms with Crippen LogP contribution in [0.5, 0.6) is 17.2 Å². The summed E-state index contributed by atoms with van der Waals surface area (Å²) in [6.45, 7) is 1.65. The van der Waals surface area contributed by atoms with Crippen molar-refractivity contribution < 1.29 is 24.9 Å². The number of phenols is 3. The molecule has 0 aromatic heterocycles. The molecule has 0 saturated carbocycles. The second-order valence-electron chi connectivity index (χ2n) is 4.79. The average molecular weight is 267 g/mol. The third-order valence-corrected chi connectivity index (χ3v) is 3.16. The lowest BCUT2D eigenvalue weighted by Crippen LogP contribution is -2.38. The molecule has 6 nitrogen and oxygen atoms in total. The number of hydrogen-bond donors (Lipinski definition) is 3. The predicted molar refractivity (Wildman–Crippen MR) is 67.4 cm³/mol. The average Bonchev–Trinajstić information content (AvgIpc) is 2.35. The van der Waals surface area contributed by atoms with Gasteiger partial charge in [-0.3, -0.25) is 0 Å². The molecule has 1 aromatic rings. The number of aromatic hydroxyl groups is 3. The molecule has 1 unspecified atom stereocenters. The van der Waals surface area contributed by atoms with E-state index < -0.39 is 23.2 Å². The molecule has 1 fully saturated rings. The zero-order chi connectivity index (χ0) is 14.0. The SMILES string of the molecule is CN1CCCC(OC(=O)c2cc(O)c(O)c(O)c2)C1. The first-order valence-electron chi connectivity index (χ1n) is 6.12. The van der Waals surface area contributed by atoms with E-state index in [2.05, 4.69) is 4.90 Å². The van der Waals surface area contributed by atoms with Crippen molar-refractivity contribution in [3.05, 3.63) is 17.7 Å². The molecule has 0 spiro atoms. The van der Waals surface area contributed by atoms with Gasteiger partial charge in [0.15, 0.2) is 17.2 Å². The molecule has 1 aliphatic heterocycles. The Morgan fingerprint density at radius 1 is 1.32 bits per heavy atom. The first-order chi connectivity index (χ1) is 8.97. The van der Waals surface area contributed by atoms with Crippen molar-refractivity contribution in [1.82, 2.24) is 4.90 Å². The minimum atomic E-state index is -0.644. The number of carbonyl (C=O) groups is 1. The van der Waals surface area contributed by atoms with Gasteiger partial charge in [-0.25, -0.2) is 4.79 Å². The number of rotatable bonds is 2. The van der Waals surface area contributed by atoms with Crippen LogP contribution in [0.2, 0.25) is 0 Å². The lowest BCUT2D eigenvalue weighted by Gasteiger charge is -2.29. The third-order valence-electron chi connectivity index (χ3n) is 3.16. The minimum absolute atomic E-state index is 0.0148. The molecule has 19 heavy (non-hydrogen) atoms. The first-order valence-corrected chi connectivity index (χ1v) is 6.12. The Balaban J connectivity index is 2.07. The van der Waals surface area contributed by atoms with Gasteiger partial charge >= 0.3 is 5.97 Å². The molecule has 1 heterocycles. The number of likely N-dealkylation sites (tertiary alicyclic amines) is 1. The van der Waals surface area contributed by atoms with E-state index in [4.69, 9.17) is 4.74 Å². The van der Waals surface area contributed by atoms with Gasteiger partial charge in [-0.05, 0) is 38.6 Å². The zero-order valence-corrected chi connectivity index (χ0v) is 10.7. The van der Waals surface area contributed by atoms with Crippen LogP contribution < -0.4 is 0 Å². The molecule has 1 aliphatic rings. The molecule has 6 heteroatoms. The van der Waals surface area contributed by atoms with Gasteiger partial charge in [-0.1, -0.05) is 0 Å². The summed E-state index contributed by atoms with van der Waals surface area (Å²) in [6, 6.07) is 2.15. The standard InChI is InChI=1S/C13H17NO5/c1-14-4-2-3-9(7-14)19-13(18)8-5-10(15)12(17)11(16)6-8/h5-6,9,15-17H,2-4,7H2,1H3. The van der Waals surface area contributed by atoms with Gasteiger partial charge in [0.2, 0.25) is 0 Å². The van der Waals surface area contributed by atoms with E-state index in [1.807, 2.05) is 7.05 Å². The molecule has 1 atom stereocenters. The van der Waals surface area contributed by atoms with E-state index in [9.17, 15) is 20.1 Å². The highest BCUT2D eigenvalue weighted by Crippen LogP contribution is 2.35. The van der Waals surface area contributed by atoms with Crippen LogP contribution in [0, 0.1) is 0 Å². The van der Waals surface area contributed by atoms with Gasteiger partial charge in [0.1, 0.15) is 6.10 Å². The highest BCUT2D eigenvalue weighted by atomic mass is 16.5. The second kappa shape index (κ2) is 5.36. The molecule has 3 N–H and O–H groups in total. The highest BCUT2D eigenvalue weighted by Gasteiger charge is 2.22. The number of hydrogen-bond acceptors (Lipinski definition) is 6. The Hall–Kier alpha value is -1.95. The third kappa shape index (κ3) is 3.08. The van der Waals surface area contributed by atoms with Crippen LogP contribution in [0.25, 0.3) is 0 Å². The summed E-state index contributed by atoms with van der Waals surface area (Å²) in [5.74, 6) is -2.36. The lowest BCUT2D eigenvalue weighted by atomic mass is 10.1.